The smallest absolute Gasteiger partial charge is 0.268 e. The van der Waals surface area contributed by atoms with Crippen LogP contribution < -0.4 is 5.32 Å². The molecule has 0 radical (unpaired) electrons. The van der Waals surface area contributed by atoms with Gasteiger partial charge in [0.1, 0.15) is 6.04 Å². The standard InChI is InChI=1S/C20H18F2N4O2/c1-13-4-2-3-5-15(13)17-10-24-7-6-16(17)19(28)25-11-18(27)26-12-20(21,22)8-14(26)9-23/h2-7,10,14H,8,11-12H2,1H3,(H,25,28). The van der Waals surface area contributed by atoms with Gasteiger partial charge in [-0.3, -0.25) is 14.6 Å². The summed E-state index contributed by atoms with van der Waals surface area (Å²) in [6.45, 7) is 0.620. The van der Waals surface area contributed by atoms with E-state index in [0.29, 0.717) is 11.1 Å². The predicted octanol–water partition coefficient (Wildman–Crippen LogP) is 2.55. The number of hydrogen-bond acceptors (Lipinski definition) is 4. The van der Waals surface area contributed by atoms with Crippen LogP contribution in [0, 0.1) is 18.3 Å². The number of nitrogens with one attached hydrogen (secondary N) is 1. The molecule has 8 heteroatoms. The van der Waals surface area contributed by atoms with Crippen LogP contribution in [0.1, 0.15) is 22.3 Å². The van der Waals surface area contributed by atoms with Crippen LogP contribution in [0.5, 0.6) is 0 Å². The summed E-state index contributed by atoms with van der Waals surface area (Å²) in [7, 11) is 0. The van der Waals surface area contributed by atoms with Gasteiger partial charge < -0.3 is 10.2 Å². The topological polar surface area (TPSA) is 86.1 Å². The van der Waals surface area contributed by atoms with Crippen molar-refractivity contribution in [2.45, 2.75) is 25.3 Å². The minimum atomic E-state index is -3.09. The molecule has 2 heterocycles. The molecule has 1 N–H and O–H groups in total. The molecule has 3 rings (SSSR count). The van der Waals surface area contributed by atoms with Crippen LogP contribution in [0.25, 0.3) is 11.1 Å². The summed E-state index contributed by atoms with van der Waals surface area (Å²) in [5.41, 5.74) is 2.71. The zero-order valence-corrected chi connectivity index (χ0v) is 15.2. The van der Waals surface area contributed by atoms with Crippen molar-refractivity contribution < 1.29 is 18.4 Å². The summed E-state index contributed by atoms with van der Waals surface area (Å²) in [4.78, 5) is 29.8. The second-order valence-electron chi connectivity index (χ2n) is 6.65. The molecule has 0 bridgehead atoms. The maximum Gasteiger partial charge on any atom is 0.268 e. The van der Waals surface area contributed by atoms with Crippen LogP contribution in [-0.2, 0) is 4.79 Å². The Kier molecular flexibility index (Phi) is 5.36. The van der Waals surface area contributed by atoms with Gasteiger partial charge in [-0.15, -0.1) is 0 Å². The third-order valence-corrected chi connectivity index (χ3v) is 4.64. The molecule has 2 amide bonds. The molecule has 1 aromatic carbocycles. The molecule has 2 aromatic rings. The van der Waals surface area contributed by atoms with Gasteiger partial charge in [-0.25, -0.2) is 8.78 Å². The van der Waals surface area contributed by atoms with Gasteiger partial charge in [-0.05, 0) is 24.1 Å². The monoisotopic (exact) mass is 384 g/mol. The minimum absolute atomic E-state index is 0.320. The number of nitriles is 1. The van der Waals surface area contributed by atoms with Gasteiger partial charge in [0.2, 0.25) is 5.91 Å². The number of alkyl halides is 2. The second kappa shape index (κ2) is 7.72. The lowest BCUT2D eigenvalue weighted by Crippen LogP contribution is -2.43. The van der Waals surface area contributed by atoms with Crippen molar-refractivity contribution >= 4 is 11.8 Å². The number of pyridine rings is 1. The highest BCUT2D eigenvalue weighted by Gasteiger charge is 2.47. The number of aromatic nitrogens is 1. The third-order valence-electron chi connectivity index (χ3n) is 4.64. The summed E-state index contributed by atoms with van der Waals surface area (Å²) in [5, 5.41) is 11.5. The maximum atomic E-state index is 13.5. The van der Waals surface area contributed by atoms with Crippen molar-refractivity contribution in [3.8, 4) is 17.2 Å². The highest BCUT2D eigenvalue weighted by atomic mass is 19.3. The molecule has 0 aliphatic carbocycles. The van der Waals surface area contributed by atoms with E-state index in [2.05, 4.69) is 10.3 Å². The van der Waals surface area contributed by atoms with E-state index in [9.17, 15) is 18.4 Å². The molecule has 1 atom stereocenters. The molecule has 6 nitrogen and oxygen atoms in total. The first-order valence-corrected chi connectivity index (χ1v) is 8.67. The van der Waals surface area contributed by atoms with Crippen LogP contribution >= 0.6 is 0 Å². The van der Waals surface area contributed by atoms with Crippen LogP contribution in [0.15, 0.2) is 42.7 Å². The summed E-state index contributed by atoms with van der Waals surface area (Å²) in [5.74, 6) is -4.33. The molecule has 1 unspecified atom stereocenters. The lowest BCUT2D eigenvalue weighted by atomic mass is 9.97. The Labute approximate surface area is 160 Å². The Morgan fingerprint density at radius 1 is 1.32 bits per heavy atom. The van der Waals surface area contributed by atoms with E-state index >= 15 is 0 Å². The van der Waals surface area contributed by atoms with Crippen molar-refractivity contribution in [2.24, 2.45) is 0 Å². The molecular formula is C20H18F2N4O2. The molecule has 1 fully saturated rings. The maximum absolute atomic E-state index is 13.5. The van der Waals surface area contributed by atoms with Crippen LogP contribution in [0.2, 0.25) is 0 Å². The molecular weight excluding hydrogens is 366 g/mol. The molecule has 144 valence electrons. The molecule has 0 saturated carbocycles. The number of halogens is 2. The Bertz CT molecular complexity index is 955. The summed E-state index contributed by atoms with van der Waals surface area (Å²) in [6.07, 6.45) is 2.34. The van der Waals surface area contributed by atoms with Crippen molar-refractivity contribution in [3.05, 3.63) is 53.9 Å². The molecule has 1 aliphatic rings. The number of rotatable bonds is 4. The Morgan fingerprint density at radius 2 is 2.07 bits per heavy atom. The van der Waals surface area contributed by atoms with E-state index in [4.69, 9.17) is 5.26 Å². The summed E-state index contributed by atoms with van der Waals surface area (Å²) < 4.78 is 27.0. The Morgan fingerprint density at radius 3 is 2.79 bits per heavy atom. The van der Waals surface area contributed by atoms with Crippen LogP contribution in [-0.4, -0.2) is 46.8 Å². The molecule has 1 aliphatic heterocycles. The van der Waals surface area contributed by atoms with Crippen molar-refractivity contribution in [1.29, 1.82) is 5.26 Å². The lowest BCUT2D eigenvalue weighted by molar-refractivity contribution is -0.131. The van der Waals surface area contributed by atoms with Gasteiger partial charge >= 0.3 is 0 Å². The number of carbonyl (C=O) groups excluding carboxylic acids is 2. The number of likely N-dealkylation sites (tertiary alicyclic amines) is 1. The Hall–Kier alpha value is -3.34. The van der Waals surface area contributed by atoms with E-state index in [-0.39, 0.29) is 0 Å². The van der Waals surface area contributed by atoms with Crippen LogP contribution in [0.4, 0.5) is 8.78 Å². The van der Waals surface area contributed by atoms with Crippen molar-refractivity contribution in [2.75, 3.05) is 13.1 Å². The van der Waals surface area contributed by atoms with E-state index in [1.807, 2.05) is 31.2 Å². The number of hydrogen-bond donors (Lipinski definition) is 1. The van der Waals surface area contributed by atoms with E-state index in [1.54, 1.807) is 12.3 Å². The summed E-state index contributed by atoms with van der Waals surface area (Å²) >= 11 is 0. The van der Waals surface area contributed by atoms with E-state index < -0.39 is 43.3 Å². The second-order valence-corrected chi connectivity index (χ2v) is 6.65. The lowest BCUT2D eigenvalue weighted by Gasteiger charge is -2.19. The summed E-state index contributed by atoms with van der Waals surface area (Å²) in [6, 6.07) is 9.54. The average molecular weight is 384 g/mol. The van der Waals surface area contributed by atoms with Gasteiger partial charge in [0, 0.05) is 24.4 Å². The molecule has 1 saturated heterocycles. The van der Waals surface area contributed by atoms with E-state index in [0.717, 1.165) is 16.0 Å². The fraction of sp³-hybridized carbons (Fsp3) is 0.300. The number of amides is 2. The molecule has 1 aromatic heterocycles. The molecule has 28 heavy (non-hydrogen) atoms. The van der Waals surface area contributed by atoms with Gasteiger partial charge in [-0.1, -0.05) is 24.3 Å². The van der Waals surface area contributed by atoms with Gasteiger partial charge in [-0.2, -0.15) is 5.26 Å². The first-order chi connectivity index (χ1) is 13.3. The largest absolute Gasteiger partial charge is 0.343 e. The minimum Gasteiger partial charge on any atom is -0.343 e. The van der Waals surface area contributed by atoms with Gasteiger partial charge in [0.25, 0.3) is 11.8 Å². The highest BCUT2D eigenvalue weighted by molar-refractivity contribution is 6.02. The first kappa shape index (κ1) is 19.4. The van der Waals surface area contributed by atoms with Gasteiger partial charge in [0.15, 0.2) is 0 Å². The fourth-order valence-electron chi connectivity index (χ4n) is 3.23. The number of nitrogens with zero attached hydrogens (tertiary/aromatic N) is 3. The Balaban J connectivity index is 1.74. The van der Waals surface area contributed by atoms with Crippen LogP contribution in [0.3, 0.4) is 0 Å². The number of benzene rings is 1. The quantitative estimate of drug-likeness (QED) is 0.878. The normalized spacial score (nSPS) is 17.8. The fourth-order valence-corrected chi connectivity index (χ4v) is 3.23. The first-order valence-electron chi connectivity index (χ1n) is 8.67. The van der Waals surface area contributed by atoms with Gasteiger partial charge in [0.05, 0.1) is 24.7 Å². The van der Waals surface area contributed by atoms with Crippen molar-refractivity contribution in [3.63, 3.8) is 0 Å². The third kappa shape index (κ3) is 3.98. The SMILES string of the molecule is Cc1ccccc1-c1cnccc1C(=O)NCC(=O)N1CC(F)(F)CC1C#N. The highest BCUT2D eigenvalue weighted by Crippen LogP contribution is 2.31. The number of aryl methyl sites for hydroxylation is 1. The molecule has 0 spiro atoms. The van der Waals surface area contributed by atoms with Crippen molar-refractivity contribution in [1.82, 2.24) is 15.2 Å². The number of carbonyl (C=O) groups is 2. The predicted molar refractivity (Wildman–Crippen MR) is 97.4 cm³/mol. The zero-order valence-electron chi connectivity index (χ0n) is 15.2. The van der Waals surface area contributed by atoms with E-state index in [1.165, 1.54) is 12.3 Å². The average Bonchev–Trinajstić information content (AvgIpc) is 3.01. The zero-order chi connectivity index (χ0) is 20.3.